The second-order valence-corrected chi connectivity index (χ2v) is 9.05. The zero-order valence-electron chi connectivity index (χ0n) is 17.7. The summed E-state index contributed by atoms with van der Waals surface area (Å²) in [5.41, 5.74) is 1.08. The van der Waals surface area contributed by atoms with Crippen molar-refractivity contribution in [1.29, 1.82) is 0 Å². The smallest absolute Gasteiger partial charge is 0.191 e. The highest BCUT2D eigenvalue weighted by Crippen LogP contribution is 2.26. The van der Waals surface area contributed by atoms with Crippen LogP contribution >= 0.6 is 35.6 Å². The van der Waals surface area contributed by atoms with Gasteiger partial charge in [0.05, 0.1) is 25.0 Å². The first kappa shape index (κ1) is 28.4. The van der Waals surface area contributed by atoms with Crippen LogP contribution in [-0.2, 0) is 14.6 Å². The van der Waals surface area contributed by atoms with Gasteiger partial charge in [-0.2, -0.15) is 0 Å². The second-order valence-electron chi connectivity index (χ2n) is 6.38. The molecule has 0 spiro atoms. The number of nitrogens with zero attached hydrogens (tertiary/aromatic N) is 2. The molecular weight excluding hydrogens is 527 g/mol. The Labute approximate surface area is 197 Å². The predicted molar refractivity (Wildman–Crippen MR) is 132 cm³/mol. The van der Waals surface area contributed by atoms with Crippen molar-refractivity contribution in [3.63, 3.8) is 0 Å². The molecule has 0 fully saturated rings. The van der Waals surface area contributed by atoms with E-state index in [2.05, 4.69) is 40.4 Å². The van der Waals surface area contributed by atoms with Crippen LogP contribution in [0.15, 0.2) is 29.3 Å². The number of aliphatic imine (C=N–C) groups is 1. The number of ether oxygens (including phenoxy) is 1. The number of nitrogens with one attached hydrogen (secondary N) is 2. The lowest BCUT2D eigenvalue weighted by Crippen LogP contribution is -2.44. The highest BCUT2D eigenvalue weighted by molar-refractivity contribution is 14.0. The lowest BCUT2D eigenvalue weighted by molar-refractivity contribution is 0.154. The standard InChI is InChI=1S/C19H33ClN4O3S.HI/c1-5-24(6-2)18(16-9-7-8-10-17(16)20)15-23-19(21-3)22-11-12-27-13-14-28(4,25)26;/h7-10,18H,5-6,11-15H2,1-4H3,(H2,21,22,23);1H. The summed E-state index contributed by atoms with van der Waals surface area (Å²) in [5, 5.41) is 7.28. The van der Waals surface area contributed by atoms with E-state index in [0.717, 1.165) is 23.7 Å². The molecule has 2 N–H and O–H groups in total. The molecule has 1 rings (SSSR count). The van der Waals surface area contributed by atoms with Gasteiger partial charge in [0.15, 0.2) is 5.96 Å². The first-order valence-electron chi connectivity index (χ1n) is 9.50. The van der Waals surface area contributed by atoms with Gasteiger partial charge in [0.1, 0.15) is 9.84 Å². The Hall–Kier alpha value is -0.620. The van der Waals surface area contributed by atoms with Crippen LogP contribution in [0.4, 0.5) is 0 Å². The SMILES string of the molecule is CCN(CC)C(CNC(=NC)NCCOCCS(C)(=O)=O)c1ccccc1Cl.I. The largest absolute Gasteiger partial charge is 0.379 e. The van der Waals surface area contributed by atoms with Gasteiger partial charge in [0.2, 0.25) is 0 Å². The maximum Gasteiger partial charge on any atom is 0.191 e. The molecule has 0 radical (unpaired) electrons. The molecule has 0 aliphatic heterocycles. The minimum atomic E-state index is -2.99. The number of rotatable bonds is 12. The Kier molecular flexibility index (Phi) is 14.9. The topological polar surface area (TPSA) is 83.0 Å². The number of hydrogen-bond donors (Lipinski definition) is 2. The summed E-state index contributed by atoms with van der Waals surface area (Å²) in [7, 11) is -1.28. The number of hydrogen-bond acceptors (Lipinski definition) is 5. The van der Waals surface area contributed by atoms with E-state index in [9.17, 15) is 8.42 Å². The van der Waals surface area contributed by atoms with E-state index < -0.39 is 9.84 Å². The van der Waals surface area contributed by atoms with E-state index in [4.69, 9.17) is 16.3 Å². The Morgan fingerprint density at radius 1 is 1.21 bits per heavy atom. The molecule has 0 bridgehead atoms. The lowest BCUT2D eigenvalue weighted by atomic mass is 10.0. The molecule has 0 aromatic heterocycles. The molecule has 0 saturated carbocycles. The number of sulfone groups is 1. The molecule has 10 heteroatoms. The lowest BCUT2D eigenvalue weighted by Gasteiger charge is -2.31. The molecule has 0 saturated heterocycles. The number of halogens is 2. The van der Waals surface area contributed by atoms with Crippen LogP contribution in [0.3, 0.4) is 0 Å². The average Bonchev–Trinajstić information content (AvgIpc) is 2.65. The van der Waals surface area contributed by atoms with E-state index in [1.807, 2.05) is 18.2 Å². The fraction of sp³-hybridized carbons (Fsp3) is 0.632. The Bertz CT molecular complexity index is 715. The van der Waals surface area contributed by atoms with Gasteiger partial charge in [-0.1, -0.05) is 43.6 Å². The summed E-state index contributed by atoms with van der Waals surface area (Å²) in [6.45, 7) is 7.87. The van der Waals surface area contributed by atoms with Crippen LogP contribution in [0.5, 0.6) is 0 Å². The molecule has 1 aromatic rings. The molecule has 1 atom stereocenters. The third kappa shape index (κ3) is 11.4. The van der Waals surface area contributed by atoms with E-state index in [1.54, 1.807) is 7.05 Å². The van der Waals surface area contributed by atoms with Crippen LogP contribution in [0.1, 0.15) is 25.5 Å². The van der Waals surface area contributed by atoms with Crippen molar-refractivity contribution >= 4 is 51.4 Å². The molecular formula is C19H34ClIN4O3S. The van der Waals surface area contributed by atoms with Crippen molar-refractivity contribution < 1.29 is 13.2 Å². The van der Waals surface area contributed by atoms with Crippen molar-refractivity contribution in [1.82, 2.24) is 15.5 Å². The quantitative estimate of drug-likeness (QED) is 0.177. The Morgan fingerprint density at radius 3 is 2.41 bits per heavy atom. The summed E-state index contributed by atoms with van der Waals surface area (Å²) in [4.78, 5) is 6.58. The number of guanidine groups is 1. The molecule has 29 heavy (non-hydrogen) atoms. The van der Waals surface area contributed by atoms with E-state index in [0.29, 0.717) is 25.7 Å². The molecule has 0 aliphatic rings. The summed E-state index contributed by atoms with van der Waals surface area (Å²) >= 11 is 6.43. The van der Waals surface area contributed by atoms with Gasteiger partial charge in [0.25, 0.3) is 0 Å². The minimum Gasteiger partial charge on any atom is -0.379 e. The first-order chi connectivity index (χ1) is 13.3. The Morgan fingerprint density at radius 2 is 1.86 bits per heavy atom. The van der Waals surface area contributed by atoms with Crippen LogP contribution in [-0.4, -0.2) is 77.7 Å². The fourth-order valence-corrected chi connectivity index (χ4v) is 3.50. The maximum absolute atomic E-state index is 11.1. The molecule has 0 amide bonds. The van der Waals surface area contributed by atoms with Gasteiger partial charge in [-0.15, -0.1) is 24.0 Å². The normalized spacial score (nSPS) is 13.1. The van der Waals surface area contributed by atoms with Gasteiger partial charge >= 0.3 is 0 Å². The zero-order chi connectivity index (χ0) is 21.0. The van der Waals surface area contributed by atoms with Crippen molar-refractivity contribution in [3.8, 4) is 0 Å². The summed E-state index contributed by atoms with van der Waals surface area (Å²) in [6.07, 6.45) is 1.20. The van der Waals surface area contributed by atoms with Gasteiger partial charge in [-0.25, -0.2) is 8.42 Å². The van der Waals surface area contributed by atoms with Gasteiger partial charge < -0.3 is 15.4 Å². The van der Waals surface area contributed by atoms with Crippen LogP contribution in [0.2, 0.25) is 5.02 Å². The molecule has 1 unspecified atom stereocenters. The third-order valence-electron chi connectivity index (χ3n) is 4.34. The van der Waals surface area contributed by atoms with Crippen molar-refractivity contribution in [3.05, 3.63) is 34.9 Å². The number of benzene rings is 1. The molecule has 168 valence electrons. The summed E-state index contributed by atoms with van der Waals surface area (Å²) < 4.78 is 27.5. The van der Waals surface area contributed by atoms with E-state index in [-0.39, 0.29) is 42.4 Å². The second kappa shape index (κ2) is 15.2. The van der Waals surface area contributed by atoms with Gasteiger partial charge in [-0.3, -0.25) is 9.89 Å². The van der Waals surface area contributed by atoms with Crippen molar-refractivity contribution in [2.75, 3.05) is 58.4 Å². The van der Waals surface area contributed by atoms with Crippen LogP contribution in [0.25, 0.3) is 0 Å². The van der Waals surface area contributed by atoms with E-state index in [1.165, 1.54) is 6.26 Å². The van der Waals surface area contributed by atoms with Crippen LogP contribution < -0.4 is 10.6 Å². The van der Waals surface area contributed by atoms with Gasteiger partial charge in [0, 0.05) is 31.4 Å². The zero-order valence-corrected chi connectivity index (χ0v) is 21.6. The Balaban J connectivity index is 0.00000784. The maximum atomic E-state index is 11.1. The van der Waals surface area contributed by atoms with Gasteiger partial charge in [-0.05, 0) is 24.7 Å². The molecule has 7 nitrogen and oxygen atoms in total. The van der Waals surface area contributed by atoms with Crippen LogP contribution in [0, 0.1) is 0 Å². The monoisotopic (exact) mass is 560 g/mol. The van der Waals surface area contributed by atoms with Crippen molar-refractivity contribution in [2.45, 2.75) is 19.9 Å². The highest BCUT2D eigenvalue weighted by atomic mass is 127. The number of likely N-dealkylation sites (N-methyl/N-ethyl adjacent to an activating group) is 1. The fourth-order valence-electron chi connectivity index (χ4n) is 2.81. The molecule has 1 aromatic carbocycles. The predicted octanol–water partition coefficient (Wildman–Crippen LogP) is 2.57. The van der Waals surface area contributed by atoms with E-state index >= 15 is 0 Å². The molecule has 0 aliphatic carbocycles. The molecule has 0 heterocycles. The van der Waals surface area contributed by atoms with Crippen molar-refractivity contribution in [2.24, 2.45) is 4.99 Å². The average molecular weight is 561 g/mol. The third-order valence-corrected chi connectivity index (χ3v) is 5.59. The summed E-state index contributed by atoms with van der Waals surface area (Å²) in [6, 6.07) is 8.02. The highest BCUT2D eigenvalue weighted by Gasteiger charge is 2.20. The minimum absolute atomic E-state index is 0. The first-order valence-corrected chi connectivity index (χ1v) is 11.9. The summed E-state index contributed by atoms with van der Waals surface area (Å²) in [5.74, 6) is 0.694.